The minimum atomic E-state index is -0.504. The number of benzene rings is 1. The summed E-state index contributed by atoms with van der Waals surface area (Å²) < 4.78 is 5.23. The smallest absolute Gasteiger partial charge is 0.269 e. The average molecular weight is 280 g/mol. The van der Waals surface area contributed by atoms with Crippen molar-refractivity contribution >= 4 is 11.6 Å². The van der Waals surface area contributed by atoms with Crippen molar-refractivity contribution in [3.05, 3.63) is 39.9 Å². The number of hydrogen-bond donors (Lipinski definition) is 0. The first-order chi connectivity index (χ1) is 9.48. The number of nitrogens with zero attached hydrogens (tertiary/aromatic N) is 2. The molecule has 1 fully saturated rings. The van der Waals surface area contributed by atoms with Crippen LogP contribution in [0.1, 0.15) is 12.0 Å². The second kappa shape index (κ2) is 5.56. The lowest BCUT2D eigenvalue weighted by Gasteiger charge is -2.41. The van der Waals surface area contributed by atoms with Crippen LogP contribution < -0.4 is 0 Å². The van der Waals surface area contributed by atoms with E-state index in [1.807, 2.05) is 0 Å². The molecule has 0 radical (unpaired) electrons. The number of carbonyl (C=O) groups is 1. The number of hydrogen-bond acceptors (Lipinski definition) is 5. The van der Waals surface area contributed by atoms with Crippen LogP contribution in [-0.4, -0.2) is 43.3 Å². The molecule has 2 rings (SSSR count). The van der Waals surface area contributed by atoms with Gasteiger partial charge in [-0.3, -0.25) is 19.7 Å². The normalized spacial score (nSPS) is 16.3. The van der Waals surface area contributed by atoms with Crippen molar-refractivity contribution in [2.45, 2.75) is 11.8 Å². The van der Waals surface area contributed by atoms with Crippen LogP contribution in [0.3, 0.4) is 0 Å². The van der Waals surface area contributed by atoms with Crippen molar-refractivity contribution in [2.75, 3.05) is 27.4 Å². The molecule has 0 aliphatic carbocycles. The summed E-state index contributed by atoms with van der Waals surface area (Å²) in [6.45, 7) is 0.745. The van der Waals surface area contributed by atoms with Gasteiger partial charge in [0.1, 0.15) is 0 Å². The molecule has 0 atom stereocenters. The molecule has 1 aliphatic heterocycles. The maximum absolute atomic E-state index is 12.0. The summed E-state index contributed by atoms with van der Waals surface area (Å²) >= 11 is 0. The minimum Gasteiger partial charge on any atom is -0.379 e. The fourth-order valence-electron chi connectivity index (χ4n) is 2.17. The van der Waals surface area contributed by atoms with Crippen LogP contribution in [0.15, 0.2) is 24.3 Å². The molecule has 0 saturated carbocycles. The maximum atomic E-state index is 12.0. The van der Waals surface area contributed by atoms with Crippen LogP contribution in [0.4, 0.5) is 5.69 Å². The van der Waals surface area contributed by atoms with Crippen molar-refractivity contribution in [1.82, 2.24) is 5.06 Å². The minimum absolute atomic E-state index is 0.0151. The number of ether oxygens (including phenoxy) is 1. The Balaban J connectivity index is 2.25. The summed E-state index contributed by atoms with van der Waals surface area (Å²) in [6, 6.07) is 6.34. The van der Waals surface area contributed by atoms with Crippen LogP contribution >= 0.6 is 0 Å². The van der Waals surface area contributed by atoms with Gasteiger partial charge in [0.25, 0.3) is 5.69 Å². The molecule has 0 spiro atoms. The number of amides is 1. The Morgan fingerprint density at radius 2 is 2.25 bits per heavy atom. The van der Waals surface area contributed by atoms with Gasteiger partial charge in [0.05, 0.1) is 30.7 Å². The van der Waals surface area contributed by atoms with Gasteiger partial charge in [0, 0.05) is 25.6 Å². The van der Waals surface area contributed by atoms with Crippen LogP contribution in [0, 0.1) is 10.1 Å². The predicted molar refractivity (Wildman–Crippen MR) is 70.0 cm³/mol. The molecular formula is C13H16N2O5. The van der Waals surface area contributed by atoms with E-state index in [4.69, 9.17) is 9.57 Å². The summed E-state index contributed by atoms with van der Waals surface area (Å²) in [5, 5.41) is 12.0. The van der Waals surface area contributed by atoms with Crippen molar-refractivity contribution in [3.8, 4) is 0 Å². The Morgan fingerprint density at radius 3 is 2.75 bits per heavy atom. The molecule has 1 aromatic rings. The van der Waals surface area contributed by atoms with E-state index >= 15 is 0 Å². The van der Waals surface area contributed by atoms with E-state index in [-0.39, 0.29) is 18.0 Å². The van der Waals surface area contributed by atoms with Gasteiger partial charge in [-0.1, -0.05) is 12.1 Å². The van der Waals surface area contributed by atoms with Gasteiger partial charge in [-0.05, 0) is 5.56 Å². The Labute approximate surface area is 116 Å². The average Bonchev–Trinajstić information content (AvgIpc) is 2.41. The predicted octanol–water partition coefficient (Wildman–Crippen LogP) is 1.27. The molecule has 1 amide bonds. The highest BCUT2D eigenvalue weighted by Gasteiger charge is 2.43. The number of nitro groups is 1. The topological polar surface area (TPSA) is 81.9 Å². The number of non-ortho nitro benzene ring substituents is 1. The molecule has 108 valence electrons. The molecule has 1 aromatic carbocycles. The molecule has 7 nitrogen and oxygen atoms in total. The zero-order chi connectivity index (χ0) is 14.8. The zero-order valence-corrected chi connectivity index (χ0v) is 11.4. The largest absolute Gasteiger partial charge is 0.379 e. The van der Waals surface area contributed by atoms with Crippen LogP contribution in [0.2, 0.25) is 0 Å². The maximum Gasteiger partial charge on any atom is 0.269 e. The van der Waals surface area contributed by atoms with Gasteiger partial charge >= 0.3 is 0 Å². The molecule has 0 N–H and O–H groups in total. The van der Waals surface area contributed by atoms with E-state index in [2.05, 4.69) is 0 Å². The highest BCUT2D eigenvalue weighted by molar-refractivity contribution is 5.77. The standard InChI is InChI=1S/C13H16N2O5/c1-14(19-2)12(16)7-13(8-20-9-13)10-4-3-5-11(6-10)15(17)18/h3-6H,7-9H2,1-2H3. The fraction of sp³-hybridized carbons (Fsp3) is 0.462. The Hall–Kier alpha value is -1.99. The first kappa shape index (κ1) is 14.4. The lowest BCUT2D eigenvalue weighted by molar-refractivity contribution is -0.385. The first-order valence-corrected chi connectivity index (χ1v) is 6.12. The van der Waals surface area contributed by atoms with E-state index in [9.17, 15) is 14.9 Å². The lowest BCUT2D eigenvalue weighted by Crippen LogP contribution is -2.50. The van der Waals surface area contributed by atoms with Gasteiger partial charge in [-0.25, -0.2) is 5.06 Å². The van der Waals surface area contributed by atoms with Crippen molar-refractivity contribution in [3.63, 3.8) is 0 Å². The van der Waals surface area contributed by atoms with Gasteiger partial charge in [0.15, 0.2) is 0 Å². The quantitative estimate of drug-likeness (QED) is 0.599. The molecule has 0 bridgehead atoms. The van der Waals surface area contributed by atoms with Crippen molar-refractivity contribution in [1.29, 1.82) is 0 Å². The summed E-state index contributed by atoms with van der Waals surface area (Å²) in [5.41, 5.74) is 0.257. The summed E-state index contributed by atoms with van der Waals surface area (Å²) in [7, 11) is 2.94. The summed E-state index contributed by atoms with van der Waals surface area (Å²) in [4.78, 5) is 27.2. The molecule has 7 heteroatoms. The molecule has 1 saturated heterocycles. The first-order valence-electron chi connectivity index (χ1n) is 6.12. The van der Waals surface area contributed by atoms with E-state index in [0.717, 1.165) is 10.6 Å². The van der Waals surface area contributed by atoms with E-state index in [1.54, 1.807) is 12.1 Å². The third-order valence-corrected chi connectivity index (χ3v) is 3.54. The Bertz CT molecular complexity index is 527. The van der Waals surface area contributed by atoms with Gasteiger partial charge in [0.2, 0.25) is 5.91 Å². The summed E-state index contributed by atoms with van der Waals surface area (Å²) in [6.07, 6.45) is 0.193. The van der Waals surface area contributed by atoms with Gasteiger partial charge in [-0.15, -0.1) is 0 Å². The second-order valence-electron chi connectivity index (χ2n) is 4.83. The highest BCUT2D eigenvalue weighted by atomic mass is 16.7. The SMILES string of the molecule is CON(C)C(=O)CC1(c2cccc([N+](=O)[O-])c2)COC1. The van der Waals surface area contributed by atoms with Crippen LogP contribution in [0.25, 0.3) is 0 Å². The van der Waals surface area contributed by atoms with Crippen LogP contribution in [0.5, 0.6) is 0 Å². The molecule has 1 heterocycles. The number of rotatable bonds is 5. The molecular weight excluding hydrogens is 264 g/mol. The molecule has 20 heavy (non-hydrogen) atoms. The van der Waals surface area contributed by atoms with Crippen molar-refractivity contribution in [2.24, 2.45) is 0 Å². The third kappa shape index (κ3) is 2.63. The number of nitro benzene ring substituents is 1. The van der Waals surface area contributed by atoms with Crippen LogP contribution in [-0.2, 0) is 19.8 Å². The summed E-state index contributed by atoms with van der Waals surface area (Å²) in [5.74, 6) is -0.192. The number of carbonyl (C=O) groups excluding carboxylic acids is 1. The zero-order valence-electron chi connectivity index (χ0n) is 11.4. The molecule has 0 unspecified atom stereocenters. The van der Waals surface area contributed by atoms with E-state index < -0.39 is 10.3 Å². The molecule has 1 aliphatic rings. The van der Waals surface area contributed by atoms with E-state index in [1.165, 1.54) is 26.3 Å². The number of hydroxylamine groups is 2. The fourth-order valence-corrected chi connectivity index (χ4v) is 2.17. The van der Waals surface area contributed by atoms with Crippen molar-refractivity contribution < 1.29 is 19.3 Å². The van der Waals surface area contributed by atoms with Gasteiger partial charge < -0.3 is 4.74 Å². The van der Waals surface area contributed by atoms with E-state index in [0.29, 0.717) is 13.2 Å². The monoisotopic (exact) mass is 280 g/mol. The Kier molecular flexibility index (Phi) is 4.01. The second-order valence-corrected chi connectivity index (χ2v) is 4.83. The lowest BCUT2D eigenvalue weighted by atomic mass is 9.75. The van der Waals surface area contributed by atoms with Gasteiger partial charge in [-0.2, -0.15) is 0 Å². The Morgan fingerprint density at radius 1 is 1.55 bits per heavy atom. The molecule has 0 aromatic heterocycles. The highest BCUT2D eigenvalue weighted by Crippen LogP contribution is 2.37. The third-order valence-electron chi connectivity index (χ3n) is 3.54.